The number of anilines is 2. The summed E-state index contributed by atoms with van der Waals surface area (Å²) >= 11 is 6.03. The molecule has 29 heavy (non-hydrogen) atoms. The minimum atomic E-state index is -0.493. The maximum absolute atomic E-state index is 12.7. The number of nitrogens with one attached hydrogen (secondary N) is 2. The van der Waals surface area contributed by atoms with Gasteiger partial charge in [-0.3, -0.25) is 9.59 Å². The fraction of sp³-hybridized carbons (Fsp3) is 0. The van der Waals surface area contributed by atoms with Gasteiger partial charge in [-0.1, -0.05) is 41.8 Å². The molecular weight excluding hydrogens is 388 g/mol. The van der Waals surface area contributed by atoms with Crippen molar-refractivity contribution in [3.63, 3.8) is 0 Å². The first-order chi connectivity index (χ1) is 14.0. The number of amides is 2. The van der Waals surface area contributed by atoms with Crippen molar-refractivity contribution in [2.75, 3.05) is 10.6 Å². The highest BCUT2D eigenvalue weighted by Crippen LogP contribution is 2.23. The first-order valence-electron chi connectivity index (χ1n) is 8.32. The molecule has 2 amide bonds. The molecule has 0 spiro atoms. The summed E-state index contributed by atoms with van der Waals surface area (Å²) in [6, 6.07) is 13.9. The molecule has 3 rings (SSSR count). The van der Waals surface area contributed by atoms with Crippen LogP contribution in [0.3, 0.4) is 0 Å². The molecule has 3 aromatic rings. The van der Waals surface area contributed by atoms with Crippen molar-refractivity contribution < 1.29 is 9.59 Å². The summed E-state index contributed by atoms with van der Waals surface area (Å²) in [5.41, 5.74) is 1.82. The Kier molecular flexibility index (Phi) is 5.89. The minimum Gasteiger partial charge on any atom is -0.321 e. The molecule has 0 aliphatic rings. The average Bonchev–Trinajstić information content (AvgIpc) is 2.75. The Morgan fingerprint density at radius 2 is 1.79 bits per heavy atom. The zero-order chi connectivity index (χ0) is 20.8. The highest BCUT2D eigenvalue weighted by Gasteiger charge is 2.16. The van der Waals surface area contributed by atoms with Crippen LogP contribution in [0.5, 0.6) is 0 Å². The maximum atomic E-state index is 12.7. The third-order valence-electron chi connectivity index (χ3n) is 3.90. The minimum absolute atomic E-state index is 0.173. The fourth-order valence-corrected chi connectivity index (χ4v) is 2.60. The maximum Gasteiger partial charge on any atom is 0.258 e. The van der Waals surface area contributed by atoms with E-state index < -0.39 is 11.8 Å². The van der Waals surface area contributed by atoms with Crippen molar-refractivity contribution in [3.05, 3.63) is 93.9 Å². The van der Waals surface area contributed by atoms with Crippen LogP contribution in [0.4, 0.5) is 17.2 Å². The Labute approximate surface area is 172 Å². The summed E-state index contributed by atoms with van der Waals surface area (Å²) in [6.45, 7) is 6.96. The number of halogens is 1. The summed E-state index contributed by atoms with van der Waals surface area (Å²) in [5, 5.41) is 5.68. The highest BCUT2D eigenvalue weighted by molar-refractivity contribution is 6.31. The van der Waals surface area contributed by atoms with E-state index in [0.717, 1.165) is 0 Å². The van der Waals surface area contributed by atoms with Crippen molar-refractivity contribution in [2.24, 2.45) is 0 Å². The van der Waals surface area contributed by atoms with E-state index in [0.29, 0.717) is 27.7 Å². The number of benzene rings is 2. The zero-order valence-corrected chi connectivity index (χ0v) is 15.7. The van der Waals surface area contributed by atoms with Gasteiger partial charge in [0, 0.05) is 22.3 Å². The third kappa shape index (κ3) is 4.78. The van der Waals surface area contributed by atoms with Gasteiger partial charge in [0.05, 0.1) is 17.8 Å². The highest BCUT2D eigenvalue weighted by atomic mass is 35.5. The number of pyridine rings is 1. The molecule has 2 N–H and O–H groups in total. The van der Waals surface area contributed by atoms with Crippen LogP contribution in [0.25, 0.3) is 4.85 Å². The number of carbonyl (C=O) groups is 2. The molecule has 0 aliphatic carbocycles. The van der Waals surface area contributed by atoms with Gasteiger partial charge in [0.25, 0.3) is 11.8 Å². The molecule has 0 bridgehead atoms. The smallest absolute Gasteiger partial charge is 0.258 e. The van der Waals surface area contributed by atoms with Crippen molar-refractivity contribution in [2.45, 2.75) is 0 Å². The summed E-state index contributed by atoms with van der Waals surface area (Å²) in [7, 11) is 0. The van der Waals surface area contributed by atoms with E-state index in [4.69, 9.17) is 24.6 Å². The summed E-state index contributed by atoms with van der Waals surface area (Å²) in [5.74, 6) is 1.83. The Morgan fingerprint density at radius 1 is 1.03 bits per heavy atom. The van der Waals surface area contributed by atoms with Crippen LogP contribution in [0.15, 0.2) is 60.8 Å². The molecule has 0 saturated heterocycles. The second-order valence-electron chi connectivity index (χ2n) is 5.83. The second-order valence-corrected chi connectivity index (χ2v) is 6.27. The third-order valence-corrected chi connectivity index (χ3v) is 4.14. The van der Waals surface area contributed by atoms with Crippen molar-refractivity contribution >= 4 is 40.6 Å². The number of rotatable bonds is 4. The van der Waals surface area contributed by atoms with Gasteiger partial charge in [-0.15, -0.1) is 6.42 Å². The quantitative estimate of drug-likeness (QED) is 0.489. The van der Waals surface area contributed by atoms with Gasteiger partial charge in [0.15, 0.2) is 5.69 Å². The monoisotopic (exact) mass is 400 g/mol. The second kappa shape index (κ2) is 8.71. The van der Waals surface area contributed by atoms with Gasteiger partial charge >= 0.3 is 0 Å². The van der Waals surface area contributed by atoms with Gasteiger partial charge in [-0.25, -0.2) is 9.83 Å². The largest absolute Gasteiger partial charge is 0.321 e. The Hall–Kier alpha value is -4.13. The summed E-state index contributed by atoms with van der Waals surface area (Å²) < 4.78 is 0. The zero-order valence-electron chi connectivity index (χ0n) is 14.9. The molecule has 0 unspecified atom stereocenters. The van der Waals surface area contributed by atoms with E-state index in [1.807, 2.05) is 0 Å². The number of hydrogen-bond donors (Lipinski definition) is 2. The first kappa shape index (κ1) is 19.6. The topological polar surface area (TPSA) is 75.5 Å². The van der Waals surface area contributed by atoms with Crippen LogP contribution in [-0.4, -0.2) is 16.8 Å². The first-order valence-corrected chi connectivity index (χ1v) is 8.70. The number of carbonyl (C=O) groups excluding carboxylic acids is 2. The number of aromatic nitrogens is 1. The fourth-order valence-electron chi connectivity index (χ4n) is 2.43. The van der Waals surface area contributed by atoms with E-state index in [9.17, 15) is 9.59 Å². The van der Waals surface area contributed by atoms with Gasteiger partial charge in [0.2, 0.25) is 0 Å². The predicted octanol–water partition coefficient (Wildman–Crippen LogP) is 4.77. The van der Waals surface area contributed by atoms with Crippen LogP contribution in [0.2, 0.25) is 5.02 Å². The Morgan fingerprint density at radius 3 is 2.41 bits per heavy atom. The Balaban J connectivity index is 1.82. The SMILES string of the molecule is [C-]#[N+]c1ccc(C(=O)Nc2ccc(Cl)cc2C(=O)Nc2ccc(C#C)cn2)cc1. The van der Waals surface area contributed by atoms with E-state index in [1.54, 1.807) is 30.3 Å². The molecule has 1 aromatic heterocycles. The lowest BCUT2D eigenvalue weighted by Gasteiger charge is -2.12. The molecular formula is C22H13ClN4O2. The van der Waals surface area contributed by atoms with Crippen LogP contribution in [0, 0.1) is 18.9 Å². The van der Waals surface area contributed by atoms with Crippen molar-refractivity contribution in [1.82, 2.24) is 4.98 Å². The van der Waals surface area contributed by atoms with Crippen LogP contribution in [-0.2, 0) is 0 Å². The lowest BCUT2D eigenvalue weighted by Crippen LogP contribution is -2.18. The molecule has 7 heteroatoms. The molecule has 0 radical (unpaired) electrons. The summed E-state index contributed by atoms with van der Waals surface area (Å²) in [6.07, 6.45) is 6.75. The number of nitrogens with zero attached hydrogens (tertiary/aromatic N) is 2. The molecule has 0 fully saturated rings. The molecule has 2 aromatic carbocycles. The van der Waals surface area contributed by atoms with Gasteiger partial charge in [-0.2, -0.15) is 0 Å². The number of hydrogen-bond acceptors (Lipinski definition) is 3. The van der Waals surface area contributed by atoms with Crippen LogP contribution >= 0.6 is 11.6 Å². The standard InChI is InChI=1S/C22H13ClN4O2/c1-3-14-4-11-20(25-13-14)27-22(29)18-12-16(23)7-10-19(18)26-21(28)15-5-8-17(24-2)9-6-15/h1,4-13H,(H,26,28)(H,25,27,29). The van der Waals surface area contributed by atoms with Crippen molar-refractivity contribution in [3.8, 4) is 12.3 Å². The molecule has 1 heterocycles. The van der Waals surface area contributed by atoms with Crippen LogP contribution in [0.1, 0.15) is 26.3 Å². The molecule has 6 nitrogen and oxygen atoms in total. The van der Waals surface area contributed by atoms with E-state index >= 15 is 0 Å². The van der Waals surface area contributed by atoms with Gasteiger partial charge in [-0.05, 0) is 30.3 Å². The molecule has 0 aliphatic heterocycles. The van der Waals surface area contributed by atoms with Gasteiger partial charge in [0.1, 0.15) is 5.82 Å². The van der Waals surface area contributed by atoms with E-state index in [-0.39, 0.29) is 11.3 Å². The Bertz CT molecular complexity index is 1160. The molecule has 140 valence electrons. The summed E-state index contributed by atoms with van der Waals surface area (Å²) in [4.78, 5) is 32.6. The lowest BCUT2D eigenvalue weighted by molar-refractivity contribution is 0.102. The van der Waals surface area contributed by atoms with E-state index in [2.05, 4.69) is 26.4 Å². The van der Waals surface area contributed by atoms with Gasteiger partial charge < -0.3 is 10.6 Å². The molecule has 0 saturated carbocycles. The predicted molar refractivity (Wildman–Crippen MR) is 112 cm³/mol. The van der Waals surface area contributed by atoms with E-state index in [1.165, 1.54) is 30.5 Å². The molecule has 0 atom stereocenters. The normalized spacial score (nSPS) is 9.76. The average molecular weight is 401 g/mol. The lowest BCUT2D eigenvalue weighted by atomic mass is 10.1. The van der Waals surface area contributed by atoms with Crippen LogP contribution < -0.4 is 10.6 Å². The van der Waals surface area contributed by atoms with Crippen molar-refractivity contribution in [1.29, 1.82) is 0 Å². The number of terminal acetylenes is 1.